The normalized spacial score (nSPS) is 20.6. The van der Waals surface area contributed by atoms with E-state index in [4.69, 9.17) is 5.73 Å². The summed E-state index contributed by atoms with van der Waals surface area (Å²) >= 11 is 0. The number of rotatable bonds is 6. The average molecular weight is 226 g/mol. The van der Waals surface area contributed by atoms with Gasteiger partial charge in [0, 0.05) is 18.6 Å². The Kier molecular flexibility index (Phi) is 6.37. The molecule has 2 nitrogen and oxygen atoms in total. The van der Waals surface area contributed by atoms with E-state index in [-0.39, 0.29) is 0 Å². The van der Waals surface area contributed by atoms with E-state index in [1.54, 1.807) is 0 Å². The molecule has 0 aromatic carbocycles. The lowest BCUT2D eigenvalue weighted by Gasteiger charge is -2.40. The SMILES string of the molecule is CCCN(C(C)C)C(CN)C1CCCCC1. The molecule has 1 unspecified atom stereocenters. The van der Waals surface area contributed by atoms with Gasteiger partial charge in [-0.25, -0.2) is 0 Å². The van der Waals surface area contributed by atoms with Crippen molar-refractivity contribution < 1.29 is 0 Å². The van der Waals surface area contributed by atoms with Crippen LogP contribution in [0.4, 0.5) is 0 Å². The van der Waals surface area contributed by atoms with E-state index in [1.807, 2.05) is 0 Å². The van der Waals surface area contributed by atoms with Crippen LogP contribution < -0.4 is 5.73 Å². The fraction of sp³-hybridized carbons (Fsp3) is 1.00. The van der Waals surface area contributed by atoms with Crippen LogP contribution in [-0.2, 0) is 0 Å². The van der Waals surface area contributed by atoms with Gasteiger partial charge in [-0.2, -0.15) is 0 Å². The third-order valence-electron chi connectivity index (χ3n) is 4.01. The third kappa shape index (κ3) is 3.74. The van der Waals surface area contributed by atoms with Crippen LogP contribution in [0.15, 0.2) is 0 Å². The molecule has 16 heavy (non-hydrogen) atoms. The van der Waals surface area contributed by atoms with Crippen LogP contribution in [0.1, 0.15) is 59.3 Å². The van der Waals surface area contributed by atoms with Crippen LogP contribution in [0.3, 0.4) is 0 Å². The molecule has 1 saturated carbocycles. The van der Waals surface area contributed by atoms with Gasteiger partial charge >= 0.3 is 0 Å². The van der Waals surface area contributed by atoms with Gasteiger partial charge in [-0.05, 0) is 45.6 Å². The van der Waals surface area contributed by atoms with E-state index in [0.29, 0.717) is 12.1 Å². The van der Waals surface area contributed by atoms with Crippen molar-refractivity contribution in [3.8, 4) is 0 Å². The first-order valence-electron chi connectivity index (χ1n) is 7.16. The van der Waals surface area contributed by atoms with Crippen molar-refractivity contribution in [3.63, 3.8) is 0 Å². The highest BCUT2D eigenvalue weighted by Gasteiger charge is 2.28. The highest BCUT2D eigenvalue weighted by molar-refractivity contribution is 4.84. The summed E-state index contributed by atoms with van der Waals surface area (Å²) in [4.78, 5) is 2.63. The Balaban J connectivity index is 2.60. The van der Waals surface area contributed by atoms with Crippen LogP contribution in [-0.4, -0.2) is 30.1 Å². The maximum Gasteiger partial charge on any atom is 0.0249 e. The van der Waals surface area contributed by atoms with Crippen LogP contribution in [0.2, 0.25) is 0 Å². The van der Waals surface area contributed by atoms with E-state index in [9.17, 15) is 0 Å². The summed E-state index contributed by atoms with van der Waals surface area (Å²) in [6, 6.07) is 1.26. The first kappa shape index (κ1) is 14.0. The molecule has 0 aromatic rings. The monoisotopic (exact) mass is 226 g/mol. The average Bonchev–Trinajstić information content (AvgIpc) is 2.30. The summed E-state index contributed by atoms with van der Waals surface area (Å²) in [6.45, 7) is 8.92. The summed E-state index contributed by atoms with van der Waals surface area (Å²) in [7, 11) is 0. The minimum atomic E-state index is 0.625. The van der Waals surface area contributed by atoms with Crippen molar-refractivity contribution in [2.75, 3.05) is 13.1 Å². The van der Waals surface area contributed by atoms with Gasteiger partial charge < -0.3 is 5.73 Å². The van der Waals surface area contributed by atoms with Crippen LogP contribution >= 0.6 is 0 Å². The van der Waals surface area contributed by atoms with E-state index in [2.05, 4.69) is 25.7 Å². The van der Waals surface area contributed by atoms with Crippen molar-refractivity contribution in [1.82, 2.24) is 4.90 Å². The second kappa shape index (κ2) is 7.29. The number of hydrogen-bond acceptors (Lipinski definition) is 2. The molecule has 0 heterocycles. The molecule has 1 rings (SSSR count). The Morgan fingerprint density at radius 1 is 1.19 bits per heavy atom. The van der Waals surface area contributed by atoms with Gasteiger partial charge in [-0.15, -0.1) is 0 Å². The fourth-order valence-electron chi connectivity index (χ4n) is 3.18. The quantitative estimate of drug-likeness (QED) is 0.754. The van der Waals surface area contributed by atoms with Gasteiger partial charge in [0.05, 0.1) is 0 Å². The molecule has 0 saturated heterocycles. The molecular weight excluding hydrogens is 196 g/mol. The molecule has 0 aliphatic heterocycles. The molecule has 0 bridgehead atoms. The van der Waals surface area contributed by atoms with Crippen molar-refractivity contribution in [2.45, 2.75) is 71.4 Å². The maximum absolute atomic E-state index is 6.03. The lowest BCUT2D eigenvalue weighted by atomic mass is 9.82. The summed E-state index contributed by atoms with van der Waals surface area (Å²) < 4.78 is 0. The third-order valence-corrected chi connectivity index (χ3v) is 4.01. The number of nitrogens with two attached hydrogens (primary N) is 1. The molecule has 1 atom stereocenters. The smallest absolute Gasteiger partial charge is 0.0249 e. The van der Waals surface area contributed by atoms with E-state index in [0.717, 1.165) is 12.5 Å². The number of nitrogens with zero attached hydrogens (tertiary/aromatic N) is 1. The second-order valence-electron chi connectivity index (χ2n) is 5.53. The highest BCUT2D eigenvalue weighted by atomic mass is 15.2. The zero-order chi connectivity index (χ0) is 12.0. The molecular formula is C14H30N2. The van der Waals surface area contributed by atoms with Gasteiger partial charge in [0.2, 0.25) is 0 Å². The second-order valence-corrected chi connectivity index (χ2v) is 5.53. The first-order chi connectivity index (χ1) is 7.70. The Hall–Kier alpha value is -0.0800. The lowest BCUT2D eigenvalue weighted by Crippen LogP contribution is -2.49. The Morgan fingerprint density at radius 2 is 1.81 bits per heavy atom. The molecule has 0 aromatic heterocycles. The summed E-state index contributed by atoms with van der Waals surface area (Å²) in [6.07, 6.45) is 8.30. The minimum absolute atomic E-state index is 0.625. The molecule has 2 heteroatoms. The molecule has 1 aliphatic rings. The van der Waals surface area contributed by atoms with Crippen molar-refractivity contribution in [2.24, 2.45) is 11.7 Å². The zero-order valence-corrected chi connectivity index (χ0v) is 11.4. The Bertz CT molecular complexity index is 174. The van der Waals surface area contributed by atoms with Crippen LogP contribution in [0.25, 0.3) is 0 Å². The summed E-state index contributed by atoms with van der Waals surface area (Å²) in [5.74, 6) is 0.854. The fourth-order valence-corrected chi connectivity index (χ4v) is 3.18. The Morgan fingerprint density at radius 3 is 2.25 bits per heavy atom. The molecule has 1 fully saturated rings. The molecule has 0 spiro atoms. The standard InChI is InChI=1S/C14H30N2/c1-4-10-16(12(2)3)14(11-15)13-8-6-5-7-9-13/h12-14H,4-11,15H2,1-3H3. The maximum atomic E-state index is 6.03. The highest BCUT2D eigenvalue weighted by Crippen LogP contribution is 2.29. The van der Waals surface area contributed by atoms with Gasteiger partial charge in [-0.1, -0.05) is 26.2 Å². The van der Waals surface area contributed by atoms with E-state index >= 15 is 0 Å². The topological polar surface area (TPSA) is 29.3 Å². The summed E-state index contributed by atoms with van der Waals surface area (Å²) in [5, 5.41) is 0. The van der Waals surface area contributed by atoms with Crippen LogP contribution in [0, 0.1) is 5.92 Å². The van der Waals surface area contributed by atoms with Gasteiger partial charge in [0.25, 0.3) is 0 Å². The summed E-state index contributed by atoms with van der Waals surface area (Å²) in [5.41, 5.74) is 6.03. The van der Waals surface area contributed by atoms with Gasteiger partial charge in [0.15, 0.2) is 0 Å². The molecule has 0 radical (unpaired) electrons. The molecule has 96 valence electrons. The van der Waals surface area contributed by atoms with Gasteiger partial charge in [0.1, 0.15) is 0 Å². The largest absolute Gasteiger partial charge is 0.329 e. The number of hydrogen-bond donors (Lipinski definition) is 1. The first-order valence-corrected chi connectivity index (χ1v) is 7.16. The zero-order valence-electron chi connectivity index (χ0n) is 11.4. The van der Waals surface area contributed by atoms with Crippen LogP contribution in [0.5, 0.6) is 0 Å². The predicted molar refractivity (Wildman–Crippen MR) is 71.6 cm³/mol. The Labute approximate surface area is 102 Å². The van der Waals surface area contributed by atoms with Crippen molar-refractivity contribution >= 4 is 0 Å². The van der Waals surface area contributed by atoms with Crippen molar-refractivity contribution in [3.05, 3.63) is 0 Å². The lowest BCUT2D eigenvalue weighted by molar-refractivity contribution is 0.0925. The van der Waals surface area contributed by atoms with Gasteiger partial charge in [-0.3, -0.25) is 4.90 Å². The van der Waals surface area contributed by atoms with E-state index < -0.39 is 0 Å². The molecule has 2 N–H and O–H groups in total. The molecule has 1 aliphatic carbocycles. The molecule has 0 amide bonds. The van der Waals surface area contributed by atoms with E-state index in [1.165, 1.54) is 45.1 Å². The predicted octanol–water partition coefficient (Wildman–Crippen LogP) is 3.01. The minimum Gasteiger partial charge on any atom is -0.329 e. The van der Waals surface area contributed by atoms with Crippen molar-refractivity contribution in [1.29, 1.82) is 0 Å².